The molecule has 30 heavy (non-hydrogen) atoms. The lowest BCUT2D eigenvalue weighted by Crippen LogP contribution is -2.45. The van der Waals surface area contributed by atoms with Crippen molar-refractivity contribution in [1.29, 1.82) is 0 Å². The van der Waals surface area contributed by atoms with Crippen molar-refractivity contribution >= 4 is 23.6 Å². The second kappa shape index (κ2) is 9.56. The third-order valence-corrected chi connectivity index (χ3v) is 4.68. The highest BCUT2D eigenvalue weighted by Crippen LogP contribution is 2.21. The monoisotopic (exact) mass is 411 g/mol. The van der Waals surface area contributed by atoms with Crippen LogP contribution in [0.15, 0.2) is 42.7 Å². The van der Waals surface area contributed by atoms with Gasteiger partial charge in [0.25, 0.3) is 0 Å². The zero-order chi connectivity index (χ0) is 21.6. The van der Waals surface area contributed by atoms with Crippen LogP contribution in [0, 0.1) is 5.92 Å². The van der Waals surface area contributed by atoms with E-state index in [-0.39, 0.29) is 17.9 Å². The Balaban J connectivity index is 1.55. The van der Waals surface area contributed by atoms with E-state index in [0.717, 1.165) is 18.4 Å². The van der Waals surface area contributed by atoms with Gasteiger partial charge in [-0.25, -0.2) is 14.8 Å². The largest absolute Gasteiger partial charge is 0.444 e. The molecule has 1 aromatic carbocycles. The van der Waals surface area contributed by atoms with Crippen molar-refractivity contribution in [3.8, 4) is 0 Å². The molecule has 1 atom stereocenters. The molecule has 3 rings (SSSR count). The minimum absolute atomic E-state index is 0.157. The topological polar surface area (TPSA) is 96.5 Å². The van der Waals surface area contributed by atoms with E-state index in [1.54, 1.807) is 11.0 Å². The number of carbonyl (C=O) groups excluding carboxylic acids is 2. The maximum absolute atomic E-state index is 12.7. The molecule has 2 heterocycles. The Bertz CT molecular complexity index is 867. The molecule has 0 spiro atoms. The number of piperidine rings is 1. The Labute approximate surface area is 177 Å². The summed E-state index contributed by atoms with van der Waals surface area (Å²) in [6, 6.07) is 11.7. The molecule has 2 N–H and O–H groups in total. The average molecular weight is 412 g/mol. The highest BCUT2D eigenvalue weighted by atomic mass is 16.6. The number of hydrogen-bond acceptors (Lipinski definition) is 6. The molecule has 0 saturated carbocycles. The number of ether oxygens (including phenoxy) is 1. The van der Waals surface area contributed by atoms with Crippen molar-refractivity contribution in [2.24, 2.45) is 5.92 Å². The number of nitrogens with one attached hydrogen (secondary N) is 2. The number of nitrogens with zero attached hydrogens (tertiary/aromatic N) is 3. The first-order valence-electron chi connectivity index (χ1n) is 10.2. The van der Waals surface area contributed by atoms with Crippen molar-refractivity contribution in [3.63, 3.8) is 0 Å². The summed E-state index contributed by atoms with van der Waals surface area (Å²) in [5.74, 6) is 0.598. The second-order valence-electron chi connectivity index (χ2n) is 8.38. The van der Waals surface area contributed by atoms with Crippen molar-refractivity contribution in [1.82, 2.24) is 14.9 Å². The molecule has 1 aliphatic heterocycles. The normalized spacial score (nSPS) is 16.6. The van der Waals surface area contributed by atoms with Gasteiger partial charge in [0.1, 0.15) is 23.6 Å². The minimum atomic E-state index is -0.559. The van der Waals surface area contributed by atoms with Gasteiger partial charge in [-0.15, -0.1) is 0 Å². The van der Waals surface area contributed by atoms with Crippen LogP contribution in [-0.4, -0.2) is 45.6 Å². The maximum atomic E-state index is 12.7. The SMILES string of the molecule is CC(C)(C)OC(=O)N1CCCC(C(=O)Nc2cc(NCc3ccccc3)ncn2)C1. The van der Waals surface area contributed by atoms with E-state index in [0.29, 0.717) is 31.3 Å². The van der Waals surface area contributed by atoms with E-state index in [9.17, 15) is 9.59 Å². The Morgan fingerprint density at radius 3 is 2.63 bits per heavy atom. The fraction of sp³-hybridized carbons (Fsp3) is 0.455. The molecule has 2 amide bonds. The van der Waals surface area contributed by atoms with E-state index in [4.69, 9.17) is 4.74 Å². The number of likely N-dealkylation sites (tertiary alicyclic amines) is 1. The van der Waals surface area contributed by atoms with Crippen LogP contribution in [0.2, 0.25) is 0 Å². The van der Waals surface area contributed by atoms with Crippen molar-refractivity contribution in [2.45, 2.75) is 45.8 Å². The molecule has 8 nitrogen and oxygen atoms in total. The molecule has 1 aromatic heterocycles. The molecular formula is C22H29N5O3. The molecule has 0 radical (unpaired) electrons. The van der Waals surface area contributed by atoms with Gasteiger partial charge in [-0.2, -0.15) is 0 Å². The number of benzene rings is 1. The Hall–Kier alpha value is -3.16. The quantitative estimate of drug-likeness (QED) is 0.779. The van der Waals surface area contributed by atoms with Gasteiger partial charge in [0, 0.05) is 25.7 Å². The molecule has 160 valence electrons. The number of rotatable bonds is 5. The van der Waals surface area contributed by atoms with Crippen LogP contribution in [0.1, 0.15) is 39.2 Å². The van der Waals surface area contributed by atoms with E-state index >= 15 is 0 Å². The Morgan fingerprint density at radius 2 is 1.90 bits per heavy atom. The lowest BCUT2D eigenvalue weighted by molar-refractivity contribution is -0.121. The van der Waals surface area contributed by atoms with E-state index < -0.39 is 5.60 Å². The van der Waals surface area contributed by atoms with Gasteiger partial charge in [0.05, 0.1) is 5.92 Å². The third-order valence-electron chi connectivity index (χ3n) is 4.68. The summed E-state index contributed by atoms with van der Waals surface area (Å²) in [6.45, 7) is 7.05. The van der Waals surface area contributed by atoms with Crippen molar-refractivity contribution < 1.29 is 14.3 Å². The smallest absolute Gasteiger partial charge is 0.410 e. The Morgan fingerprint density at radius 1 is 1.17 bits per heavy atom. The lowest BCUT2D eigenvalue weighted by Gasteiger charge is -2.33. The molecule has 0 bridgehead atoms. The first-order chi connectivity index (χ1) is 14.3. The molecular weight excluding hydrogens is 382 g/mol. The summed E-state index contributed by atoms with van der Waals surface area (Å²) in [7, 11) is 0. The van der Waals surface area contributed by atoms with Crippen LogP contribution in [0.25, 0.3) is 0 Å². The fourth-order valence-electron chi connectivity index (χ4n) is 3.22. The first kappa shape index (κ1) is 21.5. The van der Waals surface area contributed by atoms with Crippen molar-refractivity contribution in [3.05, 3.63) is 48.3 Å². The molecule has 2 aromatic rings. The van der Waals surface area contributed by atoms with Crippen LogP contribution in [0.5, 0.6) is 0 Å². The van der Waals surface area contributed by atoms with Crippen LogP contribution in [-0.2, 0) is 16.1 Å². The van der Waals surface area contributed by atoms with Gasteiger partial charge in [0.15, 0.2) is 0 Å². The van der Waals surface area contributed by atoms with Crippen molar-refractivity contribution in [2.75, 3.05) is 23.7 Å². The molecule has 1 aliphatic rings. The highest BCUT2D eigenvalue weighted by Gasteiger charge is 2.31. The summed E-state index contributed by atoms with van der Waals surface area (Å²) >= 11 is 0. The summed E-state index contributed by atoms with van der Waals surface area (Å²) in [5.41, 5.74) is 0.572. The summed E-state index contributed by atoms with van der Waals surface area (Å²) in [4.78, 5) is 35.0. The van der Waals surface area contributed by atoms with Gasteiger partial charge >= 0.3 is 6.09 Å². The molecule has 1 saturated heterocycles. The van der Waals surface area contributed by atoms with Gasteiger partial charge in [-0.05, 0) is 39.2 Å². The molecule has 1 fully saturated rings. The standard InChI is InChI=1S/C22H29N5O3/c1-22(2,3)30-21(29)27-11-7-10-17(14-27)20(28)26-19-12-18(24-15-25-19)23-13-16-8-5-4-6-9-16/h4-6,8-9,12,15,17H,7,10-11,13-14H2,1-3H3,(H2,23,24,25,26,28). The number of anilines is 2. The minimum Gasteiger partial charge on any atom is -0.444 e. The highest BCUT2D eigenvalue weighted by molar-refractivity contribution is 5.92. The molecule has 0 aliphatic carbocycles. The summed E-state index contributed by atoms with van der Waals surface area (Å²) < 4.78 is 5.43. The van der Waals surface area contributed by atoms with Gasteiger partial charge in [-0.1, -0.05) is 30.3 Å². The predicted octanol–water partition coefficient (Wildman–Crippen LogP) is 3.67. The molecule has 8 heteroatoms. The lowest BCUT2D eigenvalue weighted by atomic mass is 9.97. The van der Waals surface area contributed by atoms with E-state index in [1.165, 1.54) is 6.33 Å². The van der Waals surface area contributed by atoms with Gasteiger partial charge in [0.2, 0.25) is 5.91 Å². The second-order valence-corrected chi connectivity index (χ2v) is 8.38. The van der Waals surface area contributed by atoms with Gasteiger partial charge < -0.3 is 20.3 Å². The van der Waals surface area contributed by atoms with Crippen LogP contribution in [0.4, 0.5) is 16.4 Å². The number of carbonyl (C=O) groups is 2. The molecule has 1 unspecified atom stereocenters. The van der Waals surface area contributed by atoms with E-state index in [1.807, 2.05) is 51.1 Å². The third kappa shape index (κ3) is 6.43. The summed E-state index contributed by atoms with van der Waals surface area (Å²) in [5, 5.41) is 6.08. The fourth-order valence-corrected chi connectivity index (χ4v) is 3.22. The average Bonchev–Trinajstić information content (AvgIpc) is 2.72. The number of hydrogen-bond donors (Lipinski definition) is 2. The maximum Gasteiger partial charge on any atom is 0.410 e. The van der Waals surface area contributed by atoms with Gasteiger partial charge in [-0.3, -0.25) is 4.79 Å². The summed E-state index contributed by atoms with van der Waals surface area (Å²) in [6.07, 6.45) is 2.51. The zero-order valence-electron chi connectivity index (χ0n) is 17.7. The van der Waals surface area contributed by atoms with E-state index in [2.05, 4.69) is 20.6 Å². The zero-order valence-corrected chi connectivity index (χ0v) is 17.7. The van der Waals surface area contributed by atoms with Crippen LogP contribution in [0.3, 0.4) is 0 Å². The Kier molecular flexibility index (Phi) is 6.87. The van der Waals surface area contributed by atoms with Crippen LogP contribution >= 0.6 is 0 Å². The first-order valence-corrected chi connectivity index (χ1v) is 10.2. The predicted molar refractivity (Wildman–Crippen MR) is 115 cm³/mol. The number of amides is 2. The number of aromatic nitrogens is 2. The van der Waals surface area contributed by atoms with Crippen LogP contribution < -0.4 is 10.6 Å².